The summed E-state index contributed by atoms with van der Waals surface area (Å²) in [5, 5.41) is 18.8. The van der Waals surface area contributed by atoms with Crippen LogP contribution in [0.1, 0.15) is 10.4 Å². The number of hydrogen-bond acceptors (Lipinski definition) is 7. The fourth-order valence-electron chi connectivity index (χ4n) is 4.01. The molecule has 3 aromatic heterocycles. The molecule has 5 rings (SSSR count). The van der Waals surface area contributed by atoms with Gasteiger partial charge in [0.15, 0.2) is 0 Å². The van der Waals surface area contributed by atoms with E-state index in [2.05, 4.69) is 37.2 Å². The number of likely N-dealkylation sites (N-methyl/N-ethyl adjacent to an activating group) is 1. The monoisotopic (exact) mass is 443 g/mol. The summed E-state index contributed by atoms with van der Waals surface area (Å²) in [5.74, 6) is 0.633. The molecule has 2 N–H and O–H groups in total. The maximum atomic E-state index is 12.9. The lowest BCUT2D eigenvalue weighted by atomic mass is 10.0. The Kier molecular flexibility index (Phi) is 5.39. The number of piperazine rings is 1. The molecule has 1 amide bonds. The average Bonchev–Trinajstić information content (AvgIpc) is 3.25. The molecule has 0 spiro atoms. The van der Waals surface area contributed by atoms with Crippen molar-refractivity contribution >= 4 is 28.3 Å². The average molecular weight is 444 g/mol. The maximum Gasteiger partial charge on any atom is 0.257 e. The van der Waals surface area contributed by atoms with E-state index in [-0.39, 0.29) is 17.6 Å². The van der Waals surface area contributed by atoms with Crippen molar-refractivity contribution in [1.82, 2.24) is 24.6 Å². The van der Waals surface area contributed by atoms with Gasteiger partial charge in [0.25, 0.3) is 5.91 Å². The van der Waals surface area contributed by atoms with Gasteiger partial charge in [0.1, 0.15) is 11.6 Å². The van der Waals surface area contributed by atoms with Gasteiger partial charge in [-0.15, -0.1) is 0 Å². The van der Waals surface area contributed by atoms with Crippen molar-refractivity contribution in [2.24, 2.45) is 7.05 Å². The van der Waals surface area contributed by atoms with Crippen LogP contribution < -0.4 is 10.2 Å². The number of benzene rings is 1. The third-order valence-electron chi connectivity index (χ3n) is 5.93. The van der Waals surface area contributed by atoms with Gasteiger partial charge in [-0.05, 0) is 48.3 Å². The Morgan fingerprint density at radius 1 is 1.03 bits per heavy atom. The highest BCUT2D eigenvalue weighted by Gasteiger charge is 2.17. The van der Waals surface area contributed by atoms with Crippen LogP contribution in [0, 0.1) is 0 Å². The summed E-state index contributed by atoms with van der Waals surface area (Å²) in [5.41, 5.74) is 2.42. The van der Waals surface area contributed by atoms with Crippen molar-refractivity contribution in [2.45, 2.75) is 0 Å². The minimum atomic E-state index is -0.303. The molecule has 0 atom stereocenters. The third-order valence-corrected chi connectivity index (χ3v) is 5.93. The van der Waals surface area contributed by atoms with E-state index in [1.54, 1.807) is 35.3 Å². The predicted molar refractivity (Wildman–Crippen MR) is 128 cm³/mol. The standard InChI is InChI=1S/C24H25N7O2/c1-29-7-9-31(10-8-29)22-13-17(5-6-25-22)23(32)27-21-12-18-11-16(19-14-26-30(2)15-19)3-4-20(18)24(33)28-21/h3-6,11-15H,7-10H2,1-2H3,(H2,27,28,32,33). The number of aryl methyl sites for hydroxylation is 1. The number of fused-ring (bicyclic) bond motifs is 1. The molecule has 9 nitrogen and oxygen atoms in total. The highest BCUT2D eigenvalue weighted by atomic mass is 16.3. The lowest BCUT2D eigenvalue weighted by molar-refractivity contribution is 0.102. The first-order chi connectivity index (χ1) is 16.0. The Bertz CT molecular complexity index is 1330. The van der Waals surface area contributed by atoms with Gasteiger partial charge in [0.05, 0.1) is 6.20 Å². The van der Waals surface area contributed by atoms with Crippen LogP contribution in [0.4, 0.5) is 11.6 Å². The smallest absolute Gasteiger partial charge is 0.257 e. The second-order valence-corrected chi connectivity index (χ2v) is 8.32. The second kappa shape index (κ2) is 8.51. The Labute approximate surface area is 191 Å². The van der Waals surface area contributed by atoms with Crippen LogP contribution in [0.5, 0.6) is 5.88 Å². The molecule has 0 saturated carbocycles. The number of carbonyl (C=O) groups excluding carboxylic acids is 1. The quantitative estimate of drug-likeness (QED) is 0.500. The van der Waals surface area contributed by atoms with Crippen LogP contribution in [0.2, 0.25) is 0 Å². The molecule has 0 aliphatic carbocycles. The van der Waals surface area contributed by atoms with Gasteiger partial charge in [-0.3, -0.25) is 9.48 Å². The highest BCUT2D eigenvalue weighted by molar-refractivity contribution is 6.05. The van der Waals surface area contributed by atoms with Crippen molar-refractivity contribution < 1.29 is 9.90 Å². The number of aromatic nitrogens is 4. The fourth-order valence-corrected chi connectivity index (χ4v) is 4.01. The molecule has 0 bridgehead atoms. The van der Waals surface area contributed by atoms with Crippen LogP contribution >= 0.6 is 0 Å². The molecule has 168 valence electrons. The van der Waals surface area contributed by atoms with Gasteiger partial charge >= 0.3 is 0 Å². The first-order valence-electron chi connectivity index (χ1n) is 10.8. The van der Waals surface area contributed by atoms with E-state index in [1.807, 2.05) is 31.4 Å². The van der Waals surface area contributed by atoms with Crippen LogP contribution in [-0.4, -0.2) is 68.9 Å². The lowest BCUT2D eigenvalue weighted by Gasteiger charge is -2.33. The normalized spacial score (nSPS) is 14.5. The van der Waals surface area contributed by atoms with E-state index in [1.165, 1.54) is 0 Å². The molecular formula is C24H25N7O2. The zero-order valence-corrected chi connectivity index (χ0v) is 18.6. The van der Waals surface area contributed by atoms with Gasteiger partial charge in [0.2, 0.25) is 5.88 Å². The second-order valence-electron chi connectivity index (χ2n) is 8.32. The minimum Gasteiger partial charge on any atom is -0.493 e. The van der Waals surface area contributed by atoms with Gasteiger partial charge in [-0.25, -0.2) is 4.98 Å². The summed E-state index contributed by atoms with van der Waals surface area (Å²) in [4.78, 5) is 26.0. The SMILES string of the molecule is CN1CCN(c2cc(C(=O)Nc3cc4cc(-c5cnn(C)c5)ccc4c(O)n3)ccn2)CC1. The molecular weight excluding hydrogens is 418 g/mol. The Hall–Kier alpha value is -3.98. The molecule has 1 saturated heterocycles. The van der Waals surface area contributed by atoms with Crippen molar-refractivity contribution in [1.29, 1.82) is 0 Å². The largest absolute Gasteiger partial charge is 0.493 e. The lowest BCUT2D eigenvalue weighted by Crippen LogP contribution is -2.44. The number of amides is 1. The predicted octanol–water partition coefficient (Wildman–Crippen LogP) is 2.74. The molecule has 33 heavy (non-hydrogen) atoms. The highest BCUT2D eigenvalue weighted by Crippen LogP contribution is 2.30. The van der Waals surface area contributed by atoms with Crippen LogP contribution in [0.25, 0.3) is 21.9 Å². The number of nitrogens with one attached hydrogen (secondary N) is 1. The topological polar surface area (TPSA) is 99.4 Å². The number of pyridine rings is 2. The Balaban J connectivity index is 1.39. The molecule has 4 heterocycles. The van der Waals surface area contributed by atoms with E-state index in [0.29, 0.717) is 10.9 Å². The van der Waals surface area contributed by atoms with Crippen LogP contribution in [-0.2, 0) is 7.05 Å². The number of carbonyl (C=O) groups is 1. The molecule has 0 radical (unpaired) electrons. The van der Waals surface area contributed by atoms with Crippen molar-refractivity contribution in [2.75, 3.05) is 43.4 Å². The van der Waals surface area contributed by atoms with Crippen molar-refractivity contribution in [3.63, 3.8) is 0 Å². The van der Waals surface area contributed by atoms with E-state index >= 15 is 0 Å². The minimum absolute atomic E-state index is 0.131. The summed E-state index contributed by atoms with van der Waals surface area (Å²) in [7, 11) is 3.96. The Morgan fingerprint density at radius 2 is 1.85 bits per heavy atom. The molecule has 1 aliphatic heterocycles. The maximum absolute atomic E-state index is 12.9. The van der Waals surface area contributed by atoms with Gasteiger partial charge in [-0.2, -0.15) is 10.1 Å². The van der Waals surface area contributed by atoms with Gasteiger partial charge in [-0.1, -0.05) is 6.07 Å². The number of anilines is 2. The Morgan fingerprint density at radius 3 is 2.61 bits per heavy atom. The first kappa shape index (κ1) is 20.9. The molecule has 4 aromatic rings. The molecule has 9 heteroatoms. The van der Waals surface area contributed by atoms with E-state index in [9.17, 15) is 9.90 Å². The van der Waals surface area contributed by atoms with Crippen LogP contribution in [0.3, 0.4) is 0 Å². The molecule has 1 fully saturated rings. The van der Waals surface area contributed by atoms with Gasteiger partial charge < -0.3 is 20.2 Å². The summed E-state index contributed by atoms with van der Waals surface area (Å²) < 4.78 is 1.74. The van der Waals surface area contributed by atoms with Crippen molar-refractivity contribution in [3.8, 4) is 17.0 Å². The molecule has 0 unspecified atom stereocenters. The molecule has 1 aromatic carbocycles. The van der Waals surface area contributed by atoms with E-state index in [4.69, 9.17) is 0 Å². The zero-order valence-electron chi connectivity index (χ0n) is 18.6. The number of nitrogens with zero attached hydrogens (tertiary/aromatic N) is 6. The summed E-state index contributed by atoms with van der Waals surface area (Å²) in [6, 6.07) is 10.9. The summed E-state index contributed by atoms with van der Waals surface area (Å²) >= 11 is 0. The van der Waals surface area contributed by atoms with E-state index < -0.39 is 0 Å². The first-order valence-corrected chi connectivity index (χ1v) is 10.8. The van der Waals surface area contributed by atoms with E-state index in [0.717, 1.165) is 48.5 Å². The number of aromatic hydroxyl groups is 1. The zero-order chi connectivity index (χ0) is 22.9. The summed E-state index contributed by atoms with van der Waals surface area (Å²) in [6.45, 7) is 3.65. The van der Waals surface area contributed by atoms with Crippen LogP contribution in [0.15, 0.2) is 55.0 Å². The number of hydrogen-bond donors (Lipinski definition) is 2. The van der Waals surface area contributed by atoms with Crippen molar-refractivity contribution in [3.05, 3.63) is 60.6 Å². The third kappa shape index (κ3) is 4.35. The van der Waals surface area contributed by atoms with Gasteiger partial charge in [0, 0.05) is 62.1 Å². The molecule has 1 aliphatic rings. The summed E-state index contributed by atoms with van der Waals surface area (Å²) in [6.07, 6.45) is 5.35. The fraction of sp³-hybridized carbons (Fsp3) is 0.250. The number of rotatable bonds is 4.